The van der Waals surface area contributed by atoms with E-state index in [1.54, 1.807) is 0 Å². The lowest BCUT2D eigenvalue weighted by atomic mass is 10.1. The average molecular weight is 288 g/mol. The fourth-order valence-corrected chi connectivity index (χ4v) is 1.49. The van der Waals surface area contributed by atoms with E-state index in [2.05, 4.69) is 4.74 Å². The van der Waals surface area contributed by atoms with E-state index < -0.39 is 23.6 Å². The highest BCUT2D eigenvalue weighted by molar-refractivity contribution is 6.14. The van der Waals surface area contributed by atoms with Crippen LogP contribution in [0.5, 0.6) is 0 Å². The topological polar surface area (TPSA) is 142 Å². The molecule has 8 heteroatoms. The van der Waals surface area contributed by atoms with Gasteiger partial charge in [0.25, 0.3) is 5.91 Å². The van der Waals surface area contributed by atoms with Crippen molar-refractivity contribution in [2.24, 2.45) is 17.2 Å². The van der Waals surface area contributed by atoms with Crippen LogP contribution in [0.2, 0.25) is 0 Å². The number of ether oxygens (including phenoxy) is 1. The number of primary amides is 1. The molecule has 1 rings (SSSR count). The second kappa shape index (κ2) is 8.49. The van der Waals surface area contributed by atoms with E-state index in [-0.39, 0.29) is 4.90 Å². The summed E-state index contributed by atoms with van der Waals surface area (Å²) in [6.45, 7) is 4.42. The predicted octanol–water partition coefficient (Wildman–Crippen LogP) is 0.287. The van der Waals surface area contributed by atoms with Gasteiger partial charge in [-0.15, -0.1) is 0 Å². The Bertz CT molecular complexity index is 351. The van der Waals surface area contributed by atoms with Crippen LogP contribution in [0.25, 0.3) is 0 Å². The van der Waals surface area contributed by atoms with Crippen molar-refractivity contribution in [3.8, 4) is 0 Å². The molecule has 0 aliphatic carbocycles. The molecule has 8 nitrogen and oxygen atoms in total. The average Bonchev–Trinajstić information content (AvgIpc) is 2.55. The van der Waals surface area contributed by atoms with Gasteiger partial charge in [-0.1, -0.05) is 12.8 Å². The van der Waals surface area contributed by atoms with Gasteiger partial charge < -0.3 is 21.9 Å². The van der Waals surface area contributed by atoms with Gasteiger partial charge in [-0.25, -0.2) is 9.59 Å². The van der Waals surface area contributed by atoms with Crippen molar-refractivity contribution in [1.82, 2.24) is 4.90 Å². The van der Waals surface area contributed by atoms with E-state index >= 15 is 0 Å². The molecule has 116 valence electrons. The maximum Gasteiger partial charge on any atom is 0.426 e. The lowest BCUT2D eigenvalue weighted by Crippen LogP contribution is -2.43. The van der Waals surface area contributed by atoms with Crippen LogP contribution in [-0.2, 0) is 9.53 Å². The monoisotopic (exact) mass is 288 g/mol. The Hall–Kier alpha value is -1.67. The molecule has 1 aliphatic heterocycles. The van der Waals surface area contributed by atoms with Crippen LogP contribution in [0.3, 0.4) is 0 Å². The molecule has 6 N–H and O–H groups in total. The summed E-state index contributed by atoms with van der Waals surface area (Å²) in [5.41, 5.74) is 14.0. The van der Waals surface area contributed by atoms with E-state index in [0.717, 1.165) is 25.9 Å². The molecule has 1 aliphatic rings. The predicted molar refractivity (Wildman–Crippen MR) is 73.6 cm³/mol. The number of amides is 4. The highest BCUT2D eigenvalue weighted by atomic mass is 16.6. The third-order valence-electron chi connectivity index (χ3n) is 2.62. The summed E-state index contributed by atoms with van der Waals surface area (Å²) in [4.78, 5) is 32.8. The second-order valence-electron chi connectivity index (χ2n) is 4.85. The normalized spacial score (nSPS) is 16.5. The van der Waals surface area contributed by atoms with Crippen molar-refractivity contribution in [2.75, 3.05) is 13.1 Å². The molecular formula is C12H24N4O4. The molecular weight excluding hydrogens is 264 g/mol. The molecule has 4 amide bonds. The Morgan fingerprint density at radius 1 is 1.10 bits per heavy atom. The van der Waals surface area contributed by atoms with Gasteiger partial charge in [0.1, 0.15) is 0 Å². The van der Waals surface area contributed by atoms with Crippen LogP contribution in [0, 0.1) is 0 Å². The SMILES string of the molecule is CC1(C)OC(=O)N(C(N)=O)C1=O.NCCCCCCN. The minimum absolute atomic E-state index is 0.278. The molecule has 0 saturated carbocycles. The van der Waals surface area contributed by atoms with Crippen LogP contribution in [0.1, 0.15) is 39.5 Å². The number of carbonyl (C=O) groups is 3. The molecule has 1 saturated heterocycles. The van der Waals surface area contributed by atoms with Gasteiger partial charge in [0, 0.05) is 0 Å². The van der Waals surface area contributed by atoms with Gasteiger partial charge in [0.05, 0.1) is 0 Å². The zero-order valence-corrected chi connectivity index (χ0v) is 12.1. The fourth-order valence-electron chi connectivity index (χ4n) is 1.49. The number of hydrogen-bond donors (Lipinski definition) is 3. The minimum Gasteiger partial charge on any atom is -0.433 e. The molecule has 0 radical (unpaired) electrons. The number of unbranched alkanes of at least 4 members (excludes halogenated alkanes) is 3. The van der Waals surface area contributed by atoms with Crippen LogP contribution in [0.15, 0.2) is 0 Å². The van der Waals surface area contributed by atoms with E-state index in [1.165, 1.54) is 26.7 Å². The Morgan fingerprint density at radius 3 is 1.75 bits per heavy atom. The van der Waals surface area contributed by atoms with E-state index in [0.29, 0.717) is 0 Å². The molecule has 20 heavy (non-hydrogen) atoms. The summed E-state index contributed by atoms with van der Waals surface area (Å²) >= 11 is 0. The summed E-state index contributed by atoms with van der Waals surface area (Å²) < 4.78 is 4.57. The lowest BCUT2D eigenvalue weighted by Gasteiger charge is -2.10. The molecule has 0 aromatic carbocycles. The van der Waals surface area contributed by atoms with Crippen LogP contribution >= 0.6 is 0 Å². The summed E-state index contributed by atoms with van der Waals surface area (Å²) in [6.07, 6.45) is 3.78. The molecule has 0 aromatic rings. The first-order chi connectivity index (χ1) is 9.27. The number of imide groups is 3. The first kappa shape index (κ1) is 18.3. The van der Waals surface area contributed by atoms with Gasteiger partial charge in [0.15, 0.2) is 5.60 Å². The van der Waals surface area contributed by atoms with Crippen LogP contribution in [-0.4, -0.2) is 41.6 Å². The number of rotatable bonds is 5. The summed E-state index contributed by atoms with van der Waals surface area (Å²) in [5.74, 6) is -0.736. The van der Waals surface area contributed by atoms with E-state index in [4.69, 9.17) is 17.2 Å². The molecule has 1 heterocycles. The van der Waals surface area contributed by atoms with Crippen LogP contribution < -0.4 is 17.2 Å². The smallest absolute Gasteiger partial charge is 0.426 e. The quantitative estimate of drug-likeness (QED) is 0.620. The van der Waals surface area contributed by atoms with Gasteiger partial charge in [-0.05, 0) is 39.8 Å². The standard InChI is InChI=1S/C6H8N2O4.C6H16N2/c1-6(2)3(9)8(4(7)10)5(11)12-6;7-5-3-1-2-4-6-8/h1-2H3,(H2,7,10);1-8H2. The summed E-state index contributed by atoms with van der Waals surface area (Å²) in [6, 6.07) is -1.12. The molecule has 0 spiro atoms. The van der Waals surface area contributed by atoms with E-state index in [1.807, 2.05) is 0 Å². The zero-order chi connectivity index (χ0) is 15.8. The molecule has 0 unspecified atom stereocenters. The first-order valence-electron chi connectivity index (χ1n) is 6.55. The van der Waals surface area contributed by atoms with Gasteiger partial charge in [0.2, 0.25) is 0 Å². The third kappa shape index (κ3) is 5.54. The van der Waals surface area contributed by atoms with Crippen molar-refractivity contribution in [3.63, 3.8) is 0 Å². The van der Waals surface area contributed by atoms with Crippen molar-refractivity contribution in [2.45, 2.75) is 45.1 Å². The minimum atomic E-state index is -1.29. The number of cyclic esters (lactones) is 1. The lowest BCUT2D eigenvalue weighted by molar-refractivity contribution is -0.132. The van der Waals surface area contributed by atoms with Crippen molar-refractivity contribution >= 4 is 18.0 Å². The Balaban J connectivity index is 0.000000396. The molecule has 1 fully saturated rings. The number of hydrogen-bond acceptors (Lipinski definition) is 6. The number of nitrogens with two attached hydrogens (primary N) is 3. The maximum absolute atomic E-state index is 11.2. The van der Waals surface area contributed by atoms with Gasteiger partial charge >= 0.3 is 12.1 Å². The Morgan fingerprint density at radius 2 is 1.55 bits per heavy atom. The third-order valence-corrected chi connectivity index (χ3v) is 2.62. The van der Waals surface area contributed by atoms with E-state index in [9.17, 15) is 14.4 Å². The second-order valence-corrected chi connectivity index (χ2v) is 4.85. The largest absolute Gasteiger partial charge is 0.433 e. The van der Waals surface area contributed by atoms with Crippen molar-refractivity contribution < 1.29 is 19.1 Å². The summed E-state index contributed by atoms with van der Waals surface area (Å²) in [7, 11) is 0. The molecule has 0 aromatic heterocycles. The highest BCUT2D eigenvalue weighted by Crippen LogP contribution is 2.22. The van der Waals surface area contributed by atoms with Gasteiger partial charge in [-0.2, -0.15) is 4.90 Å². The molecule has 0 atom stereocenters. The number of carbonyl (C=O) groups excluding carboxylic acids is 3. The highest BCUT2D eigenvalue weighted by Gasteiger charge is 2.49. The Kier molecular flexibility index (Phi) is 7.78. The zero-order valence-electron chi connectivity index (χ0n) is 12.1. The van der Waals surface area contributed by atoms with Gasteiger partial charge in [-0.3, -0.25) is 4.79 Å². The number of nitrogens with zero attached hydrogens (tertiary/aromatic N) is 1. The van der Waals surface area contributed by atoms with Crippen LogP contribution in [0.4, 0.5) is 9.59 Å². The Labute approximate surface area is 118 Å². The first-order valence-corrected chi connectivity index (χ1v) is 6.55. The number of urea groups is 1. The molecule has 0 bridgehead atoms. The maximum atomic E-state index is 11.2. The fraction of sp³-hybridized carbons (Fsp3) is 0.750. The summed E-state index contributed by atoms with van der Waals surface area (Å²) in [5, 5.41) is 0. The van der Waals surface area contributed by atoms with Crippen molar-refractivity contribution in [1.29, 1.82) is 0 Å². The van der Waals surface area contributed by atoms with Crippen molar-refractivity contribution in [3.05, 3.63) is 0 Å².